The molecule has 2 aliphatic heterocycles. The standard InChI is InChI=1S/C51H59ClN4O9/c1-30-23-47(62)48(55(3)51(65)37(7-4-5-21-53)28-45(60)35-12-10-33(11-13-35)34-14-17-38(52)18-15-34)36-16-20-44(59)41(27-36)40-25-32(9-19-43(40)58)26-42(54-49(30)63)46(61)24-31(2)50(64)56-22-6-8-39(56)29-57/h9-20,25,27,30-31,37,39,42,48,57-59H,4-8,21-24,26,28-29,53H2,1-3H3,(H,54,63)/t30-,31-,37-,39+,42+,48+/m1/s1. The summed E-state index contributed by atoms with van der Waals surface area (Å²) in [6.45, 7) is 3.89. The summed E-state index contributed by atoms with van der Waals surface area (Å²) in [6, 6.07) is 20.7. The minimum Gasteiger partial charge on any atom is -0.507 e. The number of amides is 3. The number of nitrogens with two attached hydrogens (primary N) is 1. The fourth-order valence-corrected chi connectivity index (χ4v) is 9.14. The zero-order chi connectivity index (χ0) is 46.9. The predicted octanol–water partition coefficient (Wildman–Crippen LogP) is 6.82. The predicted molar refractivity (Wildman–Crippen MR) is 248 cm³/mol. The minimum absolute atomic E-state index is 0.0144. The molecule has 0 radical (unpaired) electrons. The first-order valence-corrected chi connectivity index (χ1v) is 22.8. The Hall–Kier alpha value is -5.89. The van der Waals surface area contributed by atoms with Crippen LogP contribution >= 0.6 is 11.6 Å². The monoisotopic (exact) mass is 906 g/mol. The first kappa shape index (κ1) is 48.6. The summed E-state index contributed by atoms with van der Waals surface area (Å²) in [4.78, 5) is 87.5. The van der Waals surface area contributed by atoms with Gasteiger partial charge in [-0.25, -0.2) is 0 Å². The topological polar surface area (TPSA) is 208 Å². The van der Waals surface area contributed by atoms with E-state index in [4.69, 9.17) is 17.3 Å². The van der Waals surface area contributed by atoms with E-state index in [-0.39, 0.29) is 72.6 Å². The van der Waals surface area contributed by atoms with Crippen molar-refractivity contribution in [1.82, 2.24) is 15.1 Å². The van der Waals surface area contributed by atoms with Gasteiger partial charge < -0.3 is 36.2 Å². The molecule has 6 N–H and O–H groups in total. The average molecular weight is 908 g/mol. The van der Waals surface area contributed by atoms with Crippen molar-refractivity contribution in [2.75, 3.05) is 26.7 Å². The van der Waals surface area contributed by atoms with Crippen molar-refractivity contribution in [3.05, 3.63) is 107 Å². The molecule has 2 aliphatic rings. The van der Waals surface area contributed by atoms with Crippen LogP contribution in [0.5, 0.6) is 11.5 Å². The van der Waals surface area contributed by atoms with Crippen LogP contribution in [0.15, 0.2) is 84.9 Å². The highest BCUT2D eigenvalue weighted by Gasteiger charge is 2.37. The van der Waals surface area contributed by atoms with Gasteiger partial charge in [0.25, 0.3) is 0 Å². The molecule has 65 heavy (non-hydrogen) atoms. The Morgan fingerprint density at radius 1 is 0.877 bits per heavy atom. The minimum atomic E-state index is -1.28. The van der Waals surface area contributed by atoms with E-state index in [0.29, 0.717) is 60.5 Å². The second-order valence-electron chi connectivity index (χ2n) is 17.6. The molecule has 3 amide bonds. The Balaban J connectivity index is 1.30. The molecule has 0 aliphatic carbocycles. The van der Waals surface area contributed by atoms with Crippen LogP contribution in [0.1, 0.15) is 92.7 Å². The SMILES string of the molecule is C[C@@H]1CC(=O)[C@@H](N(C)C(=O)[C@H](CCCCN)CC(=O)c2ccc(-c3ccc(Cl)cc3)cc2)c2ccc(O)c(c2)-c2cc(ccc2O)C[C@@H](C(=O)C[C@@H](C)C(=O)N2CCC[C@H]2CO)NC1=O. The molecule has 4 aromatic carbocycles. The Bertz CT molecular complexity index is 2390. The molecule has 0 saturated carbocycles. The number of carbonyl (C=O) groups is 6. The van der Waals surface area contributed by atoms with Crippen molar-refractivity contribution in [3.8, 4) is 33.8 Å². The molecule has 4 bridgehead atoms. The number of aliphatic hydroxyl groups is 1. The van der Waals surface area contributed by atoms with Gasteiger partial charge in [-0.05, 0) is 97.3 Å². The largest absolute Gasteiger partial charge is 0.507 e. The summed E-state index contributed by atoms with van der Waals surface area (Å²) < 4.78 is 0. The van der Waals surface area contributed by atoms with E-state index in [1.807, 2.05) is 24.3 Å². The number of carbonyl (C=O) groups excluding carboxylic acids is 6. The number of likely N-dealkylation sites (tertiary alicyclic amines) is 1. The number of aliphatic hydroxyl groups excluding tert-OH is 1. The van der Waals surface area contributed by atoms with Gasteiger partial charge in [0.1, 0.15) is 17.5 Å². The molecule has 6 rings (SSSR count). The van der Waals surface area contributed by atoms with Crippen LogP contribution < -0.4 is 11.1 Å². The quantitative estimate of drug-likeness (QED) is 0.0622. The number of phenols is 2. The summed E-state index contributed by atoms with van der Waals surface area (Å²) >= 11 is 6.07. The molecule has 14 heteroatoms. The number of phenolic OH excluding ortho intramolecular Hbond substituents is 2. The number of ketones is 3. The highest BCUT2D eigenvalue weighted by molar-refractivity contribution is 6.30. The van der Waals surface area contributed by atoms with Gasteiger partial charge in [0.2, 0.25) is 17.7 Å². The molecule has 1 saturated heterocycles. The molecular formula is C51H59ClN4O9. The number of unbranched alkanes of at least 4 members (excludes halogenated alkanes) is 1. The maximum absolute atomic E-state index is 14.7. The number of fused-ring (bicyclic) bond motifs is 5. The summed E-state index contributed by atoms with van der Waals surface area (Å²) in [5, 5.41) is 35.6. The molecule has 0 unspecified atom stereocenters. The summed E-state index contributed by atoms with van der Waals surface area (Å²) in [6.07, 6.45) is 2.19. The van der Waals surface area contributed by atoms with Gasteiger partial charge in [0.15, 0.2) is 17.3 Å². The lowest BCUT2D eigenvalue weighted by Gasteiger charge is -2.32. The number of rotatable bonds is 15. The lowest BCUT2D eigenvalue weighted by atomic mass is 9.87. The highest BCUT2D eigenvalue weighted by atomic mass is 35.5. The Morgan fingerprint density at radius 3 is 2.18 bits per heavy atom. The van der Waals surface area contributed by atoms with Crippen molar-refractivity contribution in [2.24, 2.45) is 23.5 Å². The molecule has 344 valence electrons. The maximum Gasteiger partial charge on any atom is 0.226 e. The first-order valence-electron chi connectivity index (χ1n) is 22.4. The lowest BCUT2D eigenvalue weighted by Crippen LogP contribution is -2.47. The van der Waals surface area contributed by atoms with E-state index in [1.165, 1.54) is 36.2 Å². The third kappa shape index (κ3) is 11.7. The summed E-state index contributed by atoms with van der Waals surface area (Å²) in [7, 11) is 1.48. The normalized spacial score (nSPS) is 19.8. The number of nitrogens with zero attached hydrogens (tertiary/aromatic N) is 2. The van der Waals surface area contributed by atoms with Crippen molar-refractivity contribution in [2.45, 2.75) is 89.8 Å². The van der Waals surface area contributed by atoms with Crippen LogP contribution in [-0.2, 0) is 30.4 Å². The van der Waals surface area contributed by atoms with Gasteiger partial charge in [0.05, 0.1) is 18.7 Å². The molecule has 13 nitrogen and oxygen atoms in total. The maximum atomic E-state index is 14.7. The Labute approximate surface area is 385 Å². The van der Waals surface area contributed by atoms with Gasteiger partial charge in [-0.3, -0.25) is 28.8 Å². The lowest BCUT2D eigenvalue weighted by molar-refractivity contribution is -0.142. The number of nitrogens with one attached hydrogen (secondary N) is 1. The number of likely N-dealkylation sites (N-methyl/N-ethyl adjacent to an activating group) is 1. The van der Waals surface area contributed by atoms with E-state index < -0.39 is 53.2 Å². The zero-order valence-electron chi connectivity index (χ0n) is 37.2. The number of Topliss-reactive ketones (excluding diaryl/α,β-unsaturated/α-hetero) is 3. The first-order chi connectivity index (χ1) is 31.1. The average Bonchev–Trinajstić information content (AvgIpc) is 3.78. The van der Waals surface area contributed by atoms with Crippen LogP contribution in [0.25, 0.3) is 22.3 Å². The van der Waals surface area contributed by atoms with Crippen molar-refractivity contribution >= 4 is 46.7 Å². The number of benzene rings is 4. The van der Waals surface area contributed by atoms with Crippen LogP contribution in [0, 0.1) is 17.8 Å². The Morgan fingerprint density at radius 2 is 1.52 bits per heavy atom. The van der Waals surface area contributed by atoms with Gasteiger partial charge in [0, 0.05) is 72.3 Å². The van der Waals surface area contributed by atoms with Crippen molar-refractivity contribution in [1.29, 1.82) is 0 Å². The Kier molecular flexibility index (Phi) is 16.3. The third-order valence-corrected chi connectivity index (χ3v) is 13.1. The second kappa shape index (κ2) is 21.9. The molecule has 6 atom stereocenters. The zero-order valence-corrected chi connectivity index (χ0v) is 37.9. The van der Waals surface area contributed by atoms with E-state index in [1.54, 1.807) is 55.1 Å². The third-order valence-electron chi connectivity index (χ3n) is 12.8. The van der Waals surface area contributed by atoms with Gasteiger partial charge >= 0.3 is 0 Å². The van der Waals surface area contributed by atoms with Crippen LogP contribution in [0.3, 0.4) is 0 Å². The number of aromatic hydroxyl groups is 2. The smallest absolute Gasteiger partial charge is 0.226 e. The summed E-state index contributed by atoms with van der Waals surface area (Å²) in [5.41, 5.74) is 9.24. The van der Waals surface area contributed by atoms with E-state index in [0.717, 1.165) is 17.5 Å². The molecular weight excluding hydrogens is 848 g/mol. The molecule has 4 aromatic rings. The van der Waals surface area contributed by atoms with Crippen LogP contribution in [-0.4, -0.2) is 99.0 Å². The van der Waals surface area contributed by atoms with Crippen molar-refractivity contribution < 1.29 is 44.1 Å². The van der Waals surface area contributed by atoms with E-state index in [2.05, 4.69) is 5.32 Å². The number of halogens is 1. The van der Waals surface area contributed by atoms with E-state index in [9.17, 15) is 44.1 Å². The van der Waals surface area contributed by atoms with Crippen LogP contribution in [0.2, 0.25) is 5.02 Å². The van der Waals surface area contributed by atoms with E-state index >= 15 is 0 Å². The molecule has 0 spiro atoms. The highest BCUT2D eigenvalue weighted by Crippen LogP contribution is 2.40. The molecule has 2 heterocycles. The second-order valence-corrected chi connectivity index (χ2v) is 18.0. The number of hydrogen-bond donors (Lipinski definition) is 5. The van der Waals surface area contributed by atoms with Crippen LogP contribution in [0.4, 0.5) is 0 Å². The molecule has 0 aromatic heterocycles. The van der Waals surface area contributed by atoms with Gasteiger partial charge in [-0.15, -0.1) is 0 Å². The fraction of sp³-hybridized carbons (Fsp3) is 0.412. The summed E-state index contributed by atoms with van der Waals surface area (Å²) in [5.74, 6) is -5.47. The van der Waals surface area contributed by atoms with Crippen molar-refractivity contribution in [3.63, 3.8) is 0 Å². The number of hydrogen-bond acceptors (Lipinski definition) is 10. The molecule has 1 fully saturated rings. The van der Waals surface area contributed by atoms with Gasteiger partial charge in [-0.2, -0.15) is 0 Å². The fourth-order valence-electron chi connectivity index (χ4n) is 9.02. The van der Waals surface area contributed by atoms with Gasteiger partial charge in [-0.1, -0.05) is 80.4 Å².